The maximum atomic E-state index is 5.60. The molecule has 0 radical (unpaired) electrons. The summed E-state index contributed by atoms with van der Waals surface area (Å²) >= 11 is 1.50. The molecule has 0 N–H and O–H groups in total. The summed E-state index contributed by atoms with van der Waals surface area (Å²) in [4.78, 5) is 4.50. The normalized spacial score (nSPS) is 11.2. The molecule has 9 heteroatoms. The van der Waals surface area contributed by atoms with Crippen LogP contribution < -0.4 is 9.47 Å². The molecule has 0 aliphatic rings. The zero-order valence-electron chi connectivity index (χ0n) is 19.2. The highest BCUT2D eigenvalue weighted by Crippen LogP contribution is 2.31. The standard InChI is InChI=1S/C24H27N5O3S/c1-5-31-20-12-8-18(9-13-20)29-23(17-6-10-19(30-4)11-7-17)26-27-24(29)33-15-22-25-21(28-32-22)14-16(2)3/h6-13,16H,5,14-15H2,1-4H3. The van der Waals surface area contributed by atoms with E-state index in [9.17, 15) is 0 Å². The summed E-state index contributed by atoms with van der Waals surface area (Å²) in [6.45, 7) is 6.84. The molecule has 2 aromatic carbocycles. The zero-order chi connectivity index (χ0) is 23.2. The number of benzene rings is 2. The van der Waals surface area contributed by atoms with E-state index in [4.69, 9.17) is 14.0 Å². The first-order chi connectivity index (χ1) is 16.1. The van der Waals surface area contributed by atoms with Gasteiger partial charge in [-0.05, 0) is 61.4 Å². The Hall–Kier alpha value is -3.33. The minimum Gasteiger partial charge on any atom is -0.497 e. The molecule has 2 aromatic heterocycles. The van der Waals surface area contributed by atoms with E-state index in [1.165, 1.54) is 11.8 Å². The first-order valence-electron chi connectivity index (χ1n) is 10.8. The Morgan fingerprint density at radius 3 is 2.39 bits per heavy atom. The van der Waals surface area contributed by atoms with Gasteiger partial charge in [-0.15, -0.1) is 10.2 Å². The van der Waals surface area contributed by atoms with Crippen molar-refractivity contribution in [2.24, 2.45) is 5.92 Å². The molecule has 0 amide bonds. The van der Waals surface area contributed by atoms with Gasteiger partial charge in [0, 0.05) is 17.7 Å². The fourth-order valence-electron chi connectivity index (χ4n) is 3.30. The van der Waals surface area contributed by atoms with E-state index in [1.807, 2.05) is 60.0 Å². The van der Waals surface area contributed by atoms with Gasteiger partial charge in [0.05, 0.1) is 19.5 Å². The van der Waals surface area contributed by atoms with Gasteiger partial charge in [-0.25, -0.2) is 0 Å². The Kier molecular flexibility index (Phi) is 7.29. The number of hydrogen-bond acceptors (Lipinski definition) is 8. The van der Waals surface area contributed by atoms with Gasteiger partial charge in [0.15, 0.2) is 16.8 Å². The fraction of sp³-hybridized carbons (Fsp3) is 0.333. The molecule has 8 nitrogen and oxygen atoms in total. The lowest BCUT2D eigenvalue weighted by atomic mass is 10.1. The number of ether oxygens (including phenoxy) is 2. The third-order valence-corrected chi connectivity index (χ3v) is 5.73. The number of hydrogen-bond donors (Lipinski definition) is 0. The van der Waals surface area contributed by atoms with Crippen LogP contribution in [0.25, 0.3) is 17.1 Å². The summed E-state index contributed by atoms with van der Waals surface area (Å²) in [5, 5.41) is 13.8. The van der Waals surface area contributed by atoms with Crippen molar-refractivity contribution < 1.29 is 14.0 Å². The van der Waals surface area contributed by atoms with Crippen molar-refractivity contribution in [3.8, 4) is 28.6 Å². The second-order valence-corrected chi connectivity index (χ2v) is 8.73. The Morgan fingerprint density at radius 2 is 1.73 bits per heavy atom. The first-order valence-corrected chi connectivity index (χ1v) is 11.8. The maximum absolute atomic E-state index is 5.60. The Labute approximate surface area is 197 Å². The predicted octanol–water partition coefficient (Wildman–Crippen LogP) is 5.22. The van der Waals surface area contributed by atoms with E-state index < -0.39 is 0 Å². The van der Waals surface area contributed by atoms with Crippen LogP contribution in [0.3, 0.4) is 0 Å². The van der Waals surface area contributed by atoms with Gasteiger partial charge in [-0.1, -0.05) is 30.8 Å². The lowest BCUT2D eigenvalue weighted by Gasteiger charge is -2.11. The van der Waals surface area contributed by atoms with Crippen molar-refractivity contribution in [2.75, 3.05) is 13.7 Å². The molecule has 0 spiro atoms. The minimum atomic E-state index is 0.470. The summed E-state index contributed by atoms with van der Waals surface area (Å²) in [5.41, 5.74) is 1.86. The van der Waals surface area contributed by atoms with Crippen LogP contribution in [0.5, 0.6) is 11.5 Å². The highest BCUT2D eigenvalue weighted by molar-refractivity contribution is 7.98. The van der Waals surface area contributed by atoms with Crippen LogP contribution in [0.1, 0.15) is 32.5 Å². The quantitative estimate of drug-likeness (QED) is 0.295. The van der Waals surface area contributed by atoms with Gasteiger partial charge < -0.3 is 14.0 Å². The van der Waals surface area contributed by atoms with E-state index in [0.717, 1.165) is 46.0 Å². The summed E-state index contributed by atoms with van der Waals surface area (Å²) in [7, 11) is 1.65. The highest BCUT2D eigenvalue weighted by atomic mass is 32.2. The van der Waals surface area contributed by atoms with Crippen LogP contribution in [-0.4, -0.2) is 38.6 Å². The van der Waals surface area contributed by atoms with Crippen molar-refractivity contribution in [2.45, 2.75) is 38.1 Å². The molecule has 0 fully saturated rings. The second kappa shape index (κ2) is 10.5. The van der Waals surface area contributed by atoms with Gasteiger partial charge >= 0.3 is 0 Å². The molecule has 4 aromatic rings. The first kappa shape index (κ1) is 22.8. The summed E-state index contributed by atoms with van der Waals surface area (Å²) in [6.07, 6.45) is 0.790. The third-order valence-electron chi connectivity index (χ3n) is 4.81. The van der Waals surface area contributed by atoms with Crippen LogP contribution in [0.4, 0.5) is 0 Å². The van der Waals surface area contributed by atoms with Crippen LogP contribution in [0.15, 0.2) is 58.2 Å². The SMILES string of the molecule is CCOc1ccc(-n2c(SCc3nc(CC(C)C)no3)nnc2-c2ccc(OC)cc2)cc1. The molecule has 172 valence electrons. The lowest BCUT2D eigenvalue weighted by molar-refractivity contribution is 0.340. The molecule has 0 bridgehead atoms. The molecule has 0 aliphatic heterocycles. The number of methoxy groups -OCH3 is 1. The number of nitrogens with zero attached hydrogens (tertiary/aromatic N) is 5. The molecule has 0 saturated carbocycles. The topological polar surface area (TPSA) is 88.1 Å². The Morgan fingerprint density at radius 1 is 1.00 bits per heavy atom. The van der Waals surface area contributed by atoms with Gasteiger partial charge in [-0.3, -0.25) is 4.57 Å². The van der Waals surface area contributed by atoms with E-state index in [2.05, 4.69) is 34.2 Å². The molecule has 0 saturated heterocycles. The minimum absolute atomic E-state index is 0.470. The maximum Gasteiger partial charge on any atom is 0.237 e. The smallest absolute Gasteiger partial charge is 0.237 e. The molecule has 33 heavy (non-hydrogen) atoms. The largest absolute Gasteiger partial charge is 0.497 e. The Balaban J connectivity index is 1.64. The lowest BCUT2D eigenvalue weighted by Crippen LogP contribution is -2.00. The summed E-state index contributed by atoms with van der Waals surface area (Å²) in [6, 6.07) is 15.7. The van der Waals surface area contributed by atoms with Crippen molar-refractivity contribution in [3.05, 3.63) is 60.2 Å². The van der Waals surface area contributed by atoms with Crippen LogP contribution in [0.2, 0.25) is 0 Å². The number of thioether (sulfide) groups is 1. The molecular formula is C24H27N5O3S. The van der Waals surface area contributed by atoms with Crippen LogP contribution in [-0.2, 0) is 12.2 Å². The molecule has 2 heterocycles. The van der Waals surface area contributed by atoms with Gasteiger partial charge in [0.2, 0.25) is 5.89 Å². The summed E-state index contributed by atoms with van der Waals surface area (Å²) < 4.78 is 18.3. The van der Waals surface area contributed by atoms with Gasteiger partial charge in [-0.2, -0.15) is 4.98 Å². The molecule has 0 aliphatic carbocycles. The molecular weight excluding hydrogens is 438 g/mol. The molecule has 0 unspecified atom stereocenters. The molecule has 0 atom stereocenters. The van der Waals surface area contributed by atoms with Crippen molar-refractivity contribution >= 4 is 11.8 Å². The van der Waals surface area contributed by atoms with Crippen LogP contribution in [0, 0.1) is 5.92 Å². The molecule has 4 rings (SSSR count). The van der Waals surface area contributed by atoms with E-state index >= 15 is 0 Å². The number of aromatic nitrogens is 5. The van der Waals surface area contributed by atoms with E-state index in [-0.39, 0.29) is 0 Å². The van der Waals surface area contributed by atoms with Gasteiger partial charge in [0.1, 0.15) is 11.5 Å². The monoisotopic (exact) mass is 465 g/mol. The summed E-state index contributed by atoms with van der Waals surface area (Å²) in [5.74, 6) is 4.61. The second-order valence-electron chi connectivity index (χ2n) is 7.79. The van der Waals surface area contributed by atoms with Crippen LogP contribution >= 0.6 is 11.8 Å². The predicted molar refractivity (Wildman–Crippen MR) is 127 cm³/mol. The average molecular weight is 466 g/mol. The fourth-order valence-corrected chi connectivity index (χ4v) is 4.09. The van der Waals surface area contributed by atoms with Crippen molar-refractivity contribution in [1.29, 1.82) is 0 Å². The Bertz CT molecular complexity index is 1170. The highest BCUT2D eigenvalue weighted by Gasteiger charge is 2.18. The van der Waals surface area contributed by atoms with E-state index in [0.29, 0.717) is 24.2 Å². The van der Waals surface area contributed by atoms with Crippen molar-refractivity contribution in [1.82, 2.24) is 24.9 Å². The zero-order valence-corrected chi connectivity index (χ0v) is 20.0. The average Bonchev–Trinajstić information content (AvgIpc) is 3.45. The van der Waals surface area contributed by atoms with Crippen molar-refractivity contribution in [3.63, 3.8) is 0 Å². The van der Waals surface area contributed by atoms with Gasteiger partial charge in [0.25, 0.3) is 0 Å². The third kappa shape index (κ3) is 5.54. The van der Waals surface area contributed by atoms with E-state index in [1.54, 1.807) is 7.11 Å². The number of rotatable bonds is 10.